The zero-order chi connectivity index (χ0) is 18.9. The van der Waals surface area contributed by atoms with Gasteiger partial charge < -0.3 is 10.1 Å². The smallest absolute Gasteiger partial charge is 0.258 e. The minimum atomic E-state index is -0.236. The van der Waals surface area contributed by atoms with Crippen LogP contribution in [0.1, 0.15) is 27.5 Å². The number of nitrogens with one attached hydrogen (secondary N) is 1. The average molecular weight is 359 g/mol. The molecule has 0 fully saturated rings. The highest BCUT2D eigenvalue weighted by molar-refractivity contribution is 5.81. The first-order valence-corrected chi connectivity index (χ1v) is 8.81. The molecule has 0 aliphatic rings. The first-order valence-electron chi connectivity index (χ1n) is 8.81. The predicted molar refractivity (Wildman–Crippen MR) is 105 cm³/mol. The monoisotopic (exact) mass is 359 g/mol. The summed E-state index contributed by atoms with van der Waals surface area (Å²) in [4.78, 5) is 23.5. The summed E-state index contributed by atoms with van der Waals surface area (Å²) in [6.07, 6.45) is 1.40. The van der Waals surface area contributed by atoms with Gasteiger partial charge in [-0.25, -0.2) is 0 Å². The Morgan fingerprint density at radius 1 is 0.889 bits per heavy atom. The van der Waals surface area contributed by atoms with E-state index in [-0.39, 0.29) is 18.6 Å². The maximum absolute atomic E-state index is 12.5. The Bertz CT molecular complexity index is 878. The van der Waals surface area contributed by atoms with Gasteiger partial charge in [-0.2, -0.15) is 0 Å². The molecule has 0 aliphatic carbocycles. The molecule has 3 aromatic carbocycles. The molecule has 136 valence electrons. The summed E-state index contributed by atoms with van der Waals surface area (Å²) in [6.45, 7) is -0.150. The quantitative estimate of drug-likeness (QED) is 0.619. The molecule has 0 aliphatic heterocycles. The molecule has 0 saturated heterocycles. The van der Waals surface area contributed by atoms with Gasteiger partial charge in [0, 0.05) is 0 Å². The third kappa shape index (κ3) is 5.28. The second kappa shape index (κ2) is 9.34. The van der Waals surface area contributed by atoms with Gasteiger partial charge in [0.15, 0.2) is 12.9 Å². The molecule has 4 heteroatoms. The van der Waals surface area contributed by atoms with Gasteiger partial charge in [-0.05, 0) is 29.7 Å². The summed E-state index contributed by atoms with van der Waals surface area (Å²) in [5.41, 5.74) is 2.59. The van der Waals surface area contributed by atoms with E-state index in [1.165, 1.54) is 0 Å². The fraction of sp³-hybridized carbons (Fsp3) is 0.130. The van der Waals surface area contributed by atoms with Crippen LogP contribution in [-0.4, -0.2) is 18.8 Å². The van der Waals surface area contributed by atoms with Crippen LogP contribution in [0.15, 0.2) is 84.9 Å². The van der Waals surface area contributed by atoms with Crippen LogP contribution in [0.3, 0.4) is 0 Å². The van der Waals surface area contributed by atoms with Crippen molar-refractivity contribution < 1.29 is 14.3 Å². The number of para-hydroxylation sites is 1. The van der Waals surface area contributed by atoms with Crippen LogP contribution < -0.4 is 10.1 Å². The molecule has 1 amide bonds. The van der Waals surface area contributed by atoms with Crippen LogP contribution in [0.5, 0.6) is 5.75 Å². The van der Waals surface area contributed by atoms with Crippen molar-refractivity contribution in [3.63, 3.8) is 0 Å². The summed E-state index contributed by atoms with van der Waals surface area (Å²) >= 11 is 0. The van der Waals surface area contributed by atoms with Gasteiger partial charge in [0.1, 0.15) is 5.75 Å². The average Bonchev–Trinajstić information content (AvgIpc) is 2.73. The molecule has 1 N–H and O–H groups in total. The SMILES string of the molecule is O=Cc1ccccc1OCC(=O)NC(Cc1ccccc1)c1ccccc1. The van der Waals surface area contributed by atoms with E-state index in [9.17, 15) is 9.59 Å². The van der Waals surface area contributed by atoms with E-state index in [1.807, 2.05) is 60.7 Å². The van der Waals surface area contributed by atoms with Gasteiger partial charge in [-0.1, -0.05) is 72.8 Å². The van der Waals surface area contributed by atoms with E-state index in [1.54, 1.807) is 24.3 Å². The highest BCUT2D eigenvalue weighted by Gasteiger charge is 2.16. The van der Waals surface area contributed by atoms with Crippen molar-refractivity contribution in [3.8, 4) is 5.75 Å². The number of benzene rings is 3. The number of ether oxygens (including phenoxy) is 1. The van der Waals surface area contributed by atoms with Crippen molar-refractivity contribution in [3.05, 3.63) is 102 Å². The molecule has 3 rings (SSSR count). The lowest BCUT2D eigenvalue weighted by molar-refractivity contribution is -0.123. The summed E-state index contributed by atoms with van der Waals surface area (Å²) < 4.78 is 5.53. The zero-order valence-electron chi connectivity index (χ0n) is 14.9. The predicted octanol–water partition coefficient (Wildman–Crippen LogP) is 3.98. The second-order valence-electron chi connectivity index (χ2n) is 6.16. The Morgan fingerprint density at radius 2 is 1.52 bits per heavy atom. The van der Waals surface area contributed by atoms with Crippen molar-refractivity contribution in [2.24, 2.45) is 0 Å². The molecule has 0 radical (unpaired) electrons. The first-order chi connectivity index (χ1) is 13.3. The molecule has 1 unspecified atom stereocenters. The molecule has 0 bridgehead atoms. The number of aldehydes is 1. The fourth-order valence-corrected chi connectivity index (χ4v) is 2.88. The molecule has 0 spiro atoms. The lowest BCUT2D eigenvalue weighted by Gasteiger charge is -2.20. The lowest BCUT2D eigenvalue weighted by Crippen LogP contribution is -2.33. The van der Waals surface area contributed by atoms with Crippen LogP contribution in [0.4, 0.5) is 0 Å². The third-order valence-electron chi connectivity index (χ3n) is 4.22. The topological polar surface area (TPSA) is 55.4 Å². The van der Waals surface area contributed by atoms with Crippen molar-refractivity contribution in [1.29, 1.82) is 0 Å². The molecule has 1 atom stereocenters. The molecule has 0 heterocycles. The van der Waals surface area contributed by atoms with E-state index in [0.29, 0.717) is 17.7 Å². The Balaban J connectivity index is 1.68. The number of hydrogen-bond acceptors (Lipinski definition) is 3. The standard InChI is InChI=1S/C23H21NO3/c25-16-20-13-7-8-14-22(20)27-17-23(26)24-21(19-11-5-2-6-12-19)15-18-9-3-1-4-10-18/h1-14,16,21H,15,17H2,(H,24,26). The number of rotatable bonds is 8. The van der Waals surface area contributed by atoms with Crippen LogP contribution in [-0.2, 0) is 11.2 Å². The van der Waals surface area contributed by atoms with Crippen LogP contribution in [0.25, 0.3) is 0 Å². The summed E-state index contributed by atoms with van der Waals surface area (Å²) in [6, 6.07) is 26.6. The van der Waals surface area contributed by atoms with Gasteiger partial charge in [0.2, 0.25) is 0 Å². The Morgan fingerprint density at radius 3 is 2.22 bits per heavy atom. The maximum atomic E-state index is 12.5. The molecule has 0 saturated carbocycles. The number of carbonyl (C=O) groups is 2. The van der Waals surface area contributed by atoms with Gasteiger partial charge in [-0.15, -0.1) is 0 Å². The van der Waals surface area contributed by atoms with E-state index in [0.717, 1.165) is 17.4 Å². The molecule has 0 aromatic heterocycles. The van der Waals surface area contributed by atoms with E-state index in [4.69, 9.17) is 4.74 Å². The number of amides is 1. The van der Waals surface area contributed by atoms with Crippen molar-refractivity contribution >= 4 is 12.2 Å². The van der Waals surface area contributed by atoms with Gasteiger partial charge in [0.05, 0.1) is 11.6 Å². The van der Waals surface area contributed by atoms with Crippen molar-refractivity contribution in [1.82, 2.24) is 5.32 Å². The largest absolute Gasteiger partial charge is 0.483 e. The van der Waals surface area contributed by atoms with Crippen molar-refractivity contribution in [2.75, 3.05) is 6.61 Å². The Hall–Kier alpha value is -3.40. The van der Waals surface area contributed by atoms with Gasteiger partial charge >= 0.3 is 0 Å². The van der Waals surface area contributed by atoms with Gasteiger partial charge in [0.25, 0.3) is 5.91 Å². The van der Waals surface area contributed by atoms with E-state index >= 15 is 0 Å². The molecule has 27 heavy (non-hydrogen) atoms. The van der Waals surface area contributed by atoms with Crippen LogP contribution >= 0.6 is 0 Å². The fourth-order valence-electron chi connectivity index (χ4n) is 2.88. The third-order valence-corrected chi connectivity index (χ3v) is 4.22. The number of carbonyl (C=O) groups excluding carboxylic acids is 2. The normalized spacial score (nSPS) is 11.4. The highest BCUT2D eigenvalue weighted by Crippen LogP contribution is 2.19. The summed E-state index contributed by atoms with van der Waals surface area (Å²) in [5.74, 6) is 0.169. The minimum absolute atomic E-state index is 0.150. The summed E-state index contributed by atoms with van der Waals surface area (Å²) in [5, 5.41) is 3.04. The van der Waals surface area contributed by atoms with E-state index < -0.39 is 0 Å². The lowest BCUT2D eigenvalue weighted by atomic mass is 9.99. The molecular weight excluding hydrogens is 338 g/mol. The van der Waals surface area contributed by atoms with Crippen LogP contribution in [0.2, 0.25) is 0 Å². The zero-order valence-corrected chi connectivity index (χ0v) is 14.9. The first kappa shape index (κ1) is 18.4. The molecule has 3 aromatic rings. The Kier molecular flexibility index (Phi) is 6.36. The maximum Gasteiger partial charge on any atom is 0.258 e. The van der Waals surface area contributed by atoms with Crippen molar-refractivity contribution in [2.45, 2.75) is 12.5 Å². The second-order valence-corrected chi connectivity index (χ2v) is 6.16. The molecule has 4 nitrogen and oxygen atoms in total. The van der Waals surface area contributed by atoms with E-state index in [2.05, 4.69) is 5.32 Å². The van der Waals surface area contributed by atoms with Gasteiger partial charge in [-0.3, -0.25) is 9.59 Å². The highest BCUT2D eigenvalue weighted by atomic mass is 16.5. The summed E-state index contributed by atoms with van der Waals surface area (Å²) in [7, 11) is 0. The number of hydrogen-bond donors (Lipinski definition) is 1. The minimum Gasteiger partial charge on any atom is -0.483 e. The molecular formula is C23H21NO3. The Labute approximate surface area is 158 Å². The van der Waals surface area contributed by atoms with Crippen LogP contribution in [0, 0.1) is 0 Å².